The summed E-state index contributed by atoms with van der Waals surface area (Å²) in [5, 5.41) is 2.93. The third-order valence-corrected chi connectivity index (χ3v) is 3.05. The van der Waals surface area contributed by atoms with Crippen LogP contribution >= 0.6 is 24.0 Å². The van der Waals surface area contributed by atoms with Gasteiger partial charge in [0.2, 0.25) is 10.0 Å². The molecule has 1 aromatic carbocycles. The highest BCUT2D eigenvalue weighted by Gasteiger charge is 1.99. The van der Waals surface area contributed by atoms with Gasteiger partial charge in [-0.25, -0.2) is 13.1 Å². The van der Waals surface area contributed by atoms with Crippen molar-refractivity contribution in [1.82, 2.24) is 4.72 Å². The van der Waals surface area contributed by atoms with E-state index in [0.29, 0.717) is 19.5 Å². The van der Waals surface area contributed by atoms with Crippen LogP contribution in [0.15, 0.2) is 29.3 Å². The molecule has 0 bridgehead atoms. The predicted octanol–water partition coefficient (Wildman–Crippen LogP) is 0.979. The monoisotopic (exact) mass is 428 g/mol. The molecule has 0 saturated carbocycles. The number of hydrogen-bond acceptors (Lipinski definition) is 4. The largest absolute Gasteiger partial charge is 0.497 e. The molecule has 1 aromatic rings. The summed E-state index contributed by atoms with van der Waals surface area (Å²) in [5.41, 5.74) is 6.50. The summed E-state index contributed by atoms with van der Waals surface area (Å²) in [6.07, 6.45) is 1.70. The Kier molecular flexibility index (Phi) is 9.29. The second-order valence-electron chi connectivity index (χ2n) is 4.14. The first-order valence-electron chi connectivity index (χ1n) is 6.06. The molecule has 0 saturated heterocycles. The highest BCUT2D eigenvalue weighted by Crippen LogP contribution is 2.16. The van der Waals surface area contributed by atoms with Crippen LogP contribution in [-0.4, -0.2) is 40.8 Å². The van der Waals surface area contributed by atoms with E-state index in [-0.39, 0.29) is 29.9 Å². The van der Waals surface area contributed by atoms with Crippen LogP contribution in [0.4, 0.5) is 5.69 Å². The zero-order valence-electron chi connectivity index (χ0n) is 12.0. The molecule has 0 aliphatic rings. The van der Waals surface area contributed by atoms with Gasteiger partial charge in [-0.2, -0.15) is 0 Å². The molecule has 0 aliphatic carbocycles. The normalized spacial score (nSPS) is 11.6. The molecular weight excluding hydrogens is 407 g/mol. The predicted molar refractivity (Wildman–Crippen MR) is 96.0 cm³/mol. The van der Waals surface area contributed by atoms with E-state index in [1.807, 2.05) is 18.2 Å². The van der Waals surface area contributed by atoms with Crippen molar-refractivity contribution in [1.29, 1.82) is 0 Å². The number of nitrogens with zero attached hydrogens (tertiary/aromatic N) is 1. The minimum atomic E-state index is -3.14. The molecule has 9 heteroatoms. The minimum Gasteiger partial charge on any atom is -0.497 e. The second kappa shape index (κ2) is 9.79. The molecule has 21 heavy (non-hydrogen) atoms. The Morgan fingerprint density at radius 3 is 2.76 bits per heavy atom. The Morgan fingerprint density at radius 2 is 2.14 bits per heavy atom. The molecule has 120 valence electrons. The Labute approximate surface area is 142 Å². The molecule has 0 atom stereocenters. The van der Waals surface area contributed by atoms with E-state index in [4.69, 9.17) is 10.5 Å². The average molecular weight is 428 g/mol. The van der Waals surface area contributed by atoms with E-state index < -0.39 is 10.0 Å². The van der Waals surface area contributed by atoms with E-state index in [2.05, 4.69) is 15.0 Å². The lowest BCUT2D eigenvalue weighted by Gasteiger charge is -2.07. The van der Waals surface area contributed by atoms with Crippen molar-refractivity contribution in [3.8, 4) is 5.75 Å². The maximum atomic E-state index is 10.8. The van der Waals surface area contributed by atoms with Gasteiger partial charge in [0.1, 0.15) is 5.75 Å². The lowest BCUT2D eigenvalue weighted by Crippen LogP contribution is -2.25. The van der Waals surface area contributed by atoms with E-state index in [1.165, 1.54) is 0 Å². The quantitative estimate of drug-likeness (QED) is 0.260. The summed E-state index contributed by atoms with van der Waals surface area (Å²) in [5.74, 6) is 0.998. The molecule has 0 radical (unpaired) electrons. The smallest absolute Gasteiger partial charge is 0.208 e. The maximum Gasteiger partial charge on any atom is 0.208 e. The fourth-order valence-corrected chi connectivity index (χ4v) is 1.94. The number of aliphatic imine (C=N–C) groups is 1. The average Bonchev–Trinajstić information content (AvgIpc) is 2.37. The second-order valence-corrected chi connectivity index (χ2v) is 5.98. The standard InChI is InChI=1S/C12H20N4O3S.HI/c1-19-11-6-3-5-10(9-11)16-12(13)14-7-4-8-15-20(2,17)18;/h3,5-6,9,15H,4,7-8H2,1-2H3,(H3,13,14,16);1H. The van der Waals surface area contributed by atoms with Crippen molar-refractivity contribution in [3.05, 3.63) is 24.3 Å². The van der Waals surface area contributed by atoms with Crippen LogP contribution in [0, 0.1) is 0 Å². The molecule has 0 unspecified atom stereocenters. The molecule has 0 amide bonds. The van der Waals surface area contributed by atoms with Gasteiger partial charge in [-0.3, -0.25) is 4.99 Å². The topological polar surface area (TPSA) is 106 Å². The van der Waals surface area contributed by atoms with Gasteiger partial charge in [-0.05, 0) is 18.6 Å². The van der Waals surface area contributed by atoms with Crippen LogP contribution in [0.5, 0.6) is 5.75 Å². The molecule has 0 fully saturated rings. The van der Waals surface area contributed by atoms with E-state index in [0.717, 1.165) is 17.7 Å². The summed E-state index contributed by atoms with van der Waals surface area (Å²) >= 11 is 0. The first kappa shape index (κ1) is 19.9. The van der Waals surface area contributed by atoms with Crippen LogP contribution in [0.3, 0.4) is 0 Å². The number of ether oxygens (including phenoxy) is 1. The van der Waals surface area contributed by atoms with Gasteiger partial charge < -0.3 is 15.8 Å². The number of anilines is 1. The molecular formula is C12H21IN4O3S. The van der Waals surface area contributed by atoms with Crippen molar-refractivity contribution in [2.24, 2.45) is 10.7 Å². The van der Waals surface area contributed by atoms with Gasteiger partial charge >= 0.3 is 0 Å². The van der Waals surface area contributed by atoms with E-state index in [9.17, 15) is 8.42 Å². The first-order valence-corrected chi connectivity index (χ1v) is 7.95. The molecule has 0 spiro atoms. The number of rotatable bonds is 7. The number of nitrogens with one attached hydrogen (secondary N) is 2. The SMILES string of the molecule is COc1cccc(NC(N)=NCCCNS(C)(=O)=O)c1.I. The lowest BCUT2D eigenvalue weighted by molar-refractivity contribution is 0.415. The van der Waals surface area contributed by atoms with Crippen LogP contribution in [-0.2, 0) is 10.0 Å². The minimum absolute atomic E-state index is 0. The molecule has 0 aliphatic heterocycles. The molecule has 7 nitrogen and oxygen atoms in total. The van der Waals surface area contributed by atoms with Gasteiger partial charge in [0, 0.05) is 24.8 Å². The highest BCUT2D eigenvalue weighted by molar-refractivity contribution is 14.0. The summed E-state index contributed by atoms with van der Waals surface area (Å²) in [6.45, 7) is 0.778. The number of hydrogen-bond donors (Lipinski definition) is 3. The van der Waals surface area contributed by atoms with Crippen LogP contribution in [0.25, 0.3) is 0 Å². The molecule has 0 aromatic heterocycles. The highest BCUT2D eigenvalue weighted by atomic mass is 127. The number of benzene rings is 1. The van der Waals surface area contributed by atoms with Crippen molar-refractivity contribution in [2.45, 2.75) is 6.42 Å². The van der Waals surface area contributed by atoms with Gasteiger partial charge in [-0.1, -0.05) is 6.07 Å². The van der Waals surface area contributed by atoms with E-state index in [1.54, 1.807) is 13.2 Å². The number of sulfonamides is 1. The summed E-state index contributed by atoms with van der Waals surface area (Å²) in [7, 11) is -1.55. The van der Waals surface area contributed by atoms with Crippen LogP contribution < -0.4 is 20.5 Å². The van der Waals surface area contributed by atoms with Crippen molar-refractivity contribution in [3.63, 3.8) is 0 Å². The molecule has 4 N–H and O–H groups in total. The zero-order chi connectivity index (χ0) is 15.0. The lowest BCUT2D eigenvalue weighted by atomic mass is 10.3. The third kappa shape index (κ3) is 9.47. The van der Waals surface area contributed by atoms with Crippen molar-refractivity contribution in [2.75, 3.05) is 31.8 Å². The summed E-state index contributed by atoms with van der Waals surface area (Å²) in [4.78, 5) is 4.10. The molecule has 1 rings (SSSR count). The first-order chi connectivity index (χ1) is 9.40. The van der Waals surface area contributed by atoms with Gasteiger partial charge in [-0.15, -0.1) is 24.0 Å². The molecule has 0 heterocycles. The van der Waals surface area contributed by atoms with Crippen molar-refractivity contribution < 1.29 is 13.2 Å². The van der Waals surface area contributed by atoms with Gasteiger partial charge in [0.05, 0.1) is 13.4 Å². The number of halogens is 1. The maximum absolute atomic E-state index is 10.8. The fourth-order valence-electron chi connectivity index (χ4n) is 1.42. The number of methoxy groups -OCH3 is 1. The Hall–Kier alpha value is -1.07. The Balaban J connectivity index is 0.00000400. The summed E-state index contributed by atoms with van der Waals surface area (Å²) in [6, 6.07) is 7.31. The van der Waals surface area contributed by atoms with Gasteiger partial charge in [0.15, 0.2) is 5.96 Å². The Morgan fingerprint density at radius 1 is 1.43 bits per heavy atom. The third-order valence-electron chi connectivity index (χ3n) is 2.32. The van der Waals surface area contributed by atoms with Crippen molar-refractivity contribution >= 4 is 45.6 Å². The number of nitrogens with two attached hydrogens (primary N) is 1. The summed E-state index contributed by atoms with van der Waals surface area (Å²) < 4.78 is 29.1. The van der Waals surface area contributed by atoms with Crippen LogP contribution in [0.1, 0.15) is 6.42 Å². The van der Waals surface area contributed by atoms with Gasteiger partial charge in [0.25, 0.3) is 0 Å². The number of guanidine groups is 1. The zero-order valence-corrected chi connectivity index (χ0v) is 15.1. The van der Waals surface area contributed by atoms with E-state index >= 15 is 0 Å². The fraction of sp³-hybridized carbons (Fsp3) is 0.417. The Bertz CT molecular complexity index is 563. The van der Waals surface area contributed by atoms with Crippen LogP contribution in [0.2, 0.25) is 0 Å².